The van der Waals surface area contributed by atoms with Crippen LogP contribution in [0.15, 0.2) is 48.5 Å². The van der Waals surface area contributed by atoms with Crippen LogP contribution in [0.3, 0.4) is 0 Å². The molecule has 2 aromatic carbocycles. The number of nitrogens with zero attached hydrogens (tertiary/aromatic N) is 1. The molecular formula is C21H25IN2O2. The highest BCUT2D eigenvalue weighted by Gasteiger charge is 2.25. The highest BCUT2D eigenvalue weighted by Crippen LogP contribution is 2.22. The Morgan fingerprint density at radius 3 is 2.62 bits per heavy atom. The van der Waals surface area contributed by atoms with Gasteiger partial charge in [0.1, 0.15) is 5.75 Å². The molecule has 0 aromatic heterocycles. The second kappa shape index (κ2) is 9.37. The van der Waals surface area contributed by atoms with Crippen LogP contribution in [0.2, 0.25) is 0 Å². The monoisotopic (exact) mass is 464 g/mol. The fourth-order valence-corrected chi connectivity index (χ4v) is 3.65. The summed E-state index contributed by atoms with van der Waals surface area (Å²) in [5.41, 5.74) is 2.14. The van der Waals surface area contributed by atoms with Crippen molar-refractivity contribution in [2.75, 3.05) is 25.0 Å². The quantitative estimate of drug-likeness (QED) is 0.639. The van der Waals surface area contributed by atoms with E-state index in [2.05, 4.69) is 44.9 Å². The number of anilines is 1. The number of hydrogen-bond acceptors (Lipinski definition) is 3. The fraction of sp³-hybridized carbons (Fsp3) is 0.381. The number of nitrogens with one attached hydrogen (secondary N) is 1. The summed E-state index contributed by atoms with van der Waals surface area (Å²) in [6, 6.07) is 16.2. The maximum absolute atomic E-state index is 12.5. The van der Waals surface area contributed by atoms with E-state index < -0.39 is 0 Å². The Bertz CT molecular complexity index is 725. The molecule has 138 valence electrons. The Morgan fingerprint density at radius 2 is 1.92 bits per heavy atom. The first kappa shape index (κ1) is 19.2. The number of carbonyl (C=O) groups is 1. The Balaban J connectivity index is 1.48. The molecule has 1 saturated heterocycles. The number of rotatable bonds is 6. The van der Waals surface area contributed by atoms with Gasteiger partial charge >= 0.3 is 0 Å². The molecule has 0 saturated carbocycles. The van der Waals surface area contributed by atoms with Crippen LogP contribution < -0.4 is 10.1 Å². The third-order valence-electron chi connectivity index (χ3n) is 4.69. The van der Waals surface area contributed by atoms with E-state index in [9.17, 15) is 4.79 Å². The maximum atomic E-state index is 12.5. The average Bonchev–Trinajstić information content (AvgIpc) is 2.65. The van der Waals surface area contributed by atoms with Crippen LogP contribution in [0.4, 0.5) is 5.69 Å². The molecule has 1 aliphatic rings. The second-order valence-corrected chi connectivity index (χ2v) is 7.87. The number of hydrogen-bond donors (Lipinski definition) is 1. The van der Waals surface area contributed by atoms with Gasteiger partial charge in [0, 0.05) is 21.7 Å². The fourth-order valence-electron chi connectivity index (χ4n) is 3.29. The van der Waals surface area contributed by atoms with Gasteiger partial charge in [-0.1, -0.05) is 12.1 Å². The summed E-state index contributed by atoms with van der Waals surface area (Å²) < 4.78 is 6.75. The number of amides is 1. The lowest BCUT2D eigenvalue weighted by Crippen LogP contribution is -2.37. The lowest BCUT2D eigenvalue weighted by molar-refractivity contribution is -0.121. The second-order valence-electron chi connectivity index (χ2n) is 6.63. The Hall–Kier alpha value is -1.60. The van der Waals surface area contributed by atoms with E-state index >= 15 is 0 Å². The van der Waals surface area contributed by atoms with E-state index in [0.29, 0.717) is 6.61 Å². The van der Waals surface area contributed by atoms with E-state index in [1.165, 1.54) is 9.13 Å². The molecular weight excluding hydrogens is 439 g/mol. The van der Waals surface area contributed by atoms with Crippen LogP contribution in [0.25, 0.3) is 0 Å². The molecule has 26 heavy (non-hydrogen) atoms. The van der Waals surface area contributed by atoms with E-state index in [-0.39, 0.29) is 11.8 Å². The molecule has 1 aliphatic heterocycles. The van der Waals surface area contributed by atoms with Crippen LogP contribution in [0, 0.1) is 9.49 Å². The molecule has 3 rings (SSSR count). The van der Waals surface area contributed by atoms with E-state index in [4.69, 9.17) is 4.74 Å². The third kappa shape index (κ3) is 5.45. The molecule has 0 bridgehead atoms. The smallest absolute Gasteiger partial charge is 0.227 e. The molecule has 1 N–H and O–H groups in total. The van der Waals surface area contributed by atoms with Gasteiger partial charge in [-0.05, 0) is 97.4 Å². The molecule has 0 aliphatic carbocycles. The summed E-state index contributed by atoms with van der Waals surface area (Å²) in [5, 5.41) is 3.05. The molecule has 2 aromatic rings. The zero-order valence-corrected chi connectivity index (χ0v) is 17.2. The van der Waals surface area contributed by atoms with Crippen LogP contribution in [0.1, 0.15) is 25.3 Å². The summed E-state index contributed by atoms with van der Waals surface area (Å²) >= 11 is 2.26. The van der Waals surface area contributed by atoms with Crippen molar-refractivity contribution in [1.29, 1.82) is 0 Å². The first-order chi connectivity index (χ1) is 12.6. The first-order valence-electron chi connectivity index (χ1n) is 9.14. The molecule has 0 radical (unpaired) electrons. The minimum Gasteiger partial charge on any atom is -0.494 e. The molecule has 5 heteroatoms. The van der Waals surface area contributed by atoms with Crippen LogP contribution in [-0.4, -0.2) is 30.5 Å². The summed E-state index contributed by atoms with van der Waals surface area (Å²) in [4.78, 5) is 14.9. The predicted octanol–water partition coefficient (Wildman–Crippen LogP) is 4.54. The summed E-state index contributed by atoms with van der Waals surface area (Å²) in [6.07, 6.45) is 1.81. The minimum atomic E-state index is 0.0975. The highest BCUT2D eigenvalue weighted by atomic mass is 127. The number of likely N-dealkylation sites (tertiary alicyclic amines) is 1. The van der Waals surface area contributed by atoms with Crippen LogP contribution >= 0.6 is 22.6 Å². The van der Waals surface area contributed by atoms with Gasteiger partial charge in [-0.15, -0.1) is 0 Å². The van der Waals surface area contributed by atoms with Gasteiger partial charge in [-0.2, -0.15) is 0 Å². The van der Waals surface area contributed by atoms with Crippen molar-refractivity contribution in [3.63, 3.8) is 0 Å². The van der Waals surface area contributed by atoms with Crippen LogP contribution in [0.5, 0.6) is 5.75 Å². The lowest BCUT2D eigenvalue weighted by Gasteiger charge is -2.31. The van der Waals surface area contributed by atoms with Crippen molar-refractivity contribution >= 4 is 34.2 Å². The number of carbonyl (C=O) groups excluding carboxylic acids is 1. The summed E-state index contributed by atoms with van der Waals surface area (Å²) in [6.45, 7) is 5.49. The number of piperidine rings is 1. The van der Waals surface area contributed by atoms with Gasteiger partial charge in [0.05, 0.1) is 6.61 Å². The summed E-state index contributed by atoms with van der Waals surface area (Å²) in [7, 11) is 0. The van der Waals surface area contributed by atoms with Crippen LogP contribution in [-0.2, 0) is 11.3 Å². The molecule has 0 atom stereocenters. The largest absolute Gasteiger partial charge is 0.494 e. The molecule has 1 fully saturated rings. The molecule has 1 amide bonds. The zero-order valence-electron chi connectivity index (χ0n) is 15.1. The molecule has 0 spiro atoms. The van der Waals surface area contributed by atoms with Crippen molar-refractivity contribution in [1.82, 2.24) is 4.90 Å². The number of halogens is 1. The van der Waals surface area contributed by atoms with Gasteiger partial charge in [-0.25, -0.2) is 0 Å². The van der Waals surface area contributed by atoms with Crippen molar-refractivity contribution in [2.45, 2.75) is 26.3 Å². The SMILES string of the molecule is CCOc1cccc(CN2CCC(C(=O)Nc3ccc(I)cc3)CC2)c1. The topological polar surface area (TPSA) is 41.6 Å². The van der Waals surface area contributed by atoms with Gasteiger partial charge in [0.25, 0.3) is 0 Å². The maximum Gasteiger partial charge on any atom is 0.227 e. The third-order valence-corrected chi connectivity index (χ3v) is 5.40. The van der Waals surface area contributed by atoms with Gasteiger partial charge < -0.3 is 10.1 Å². The van der Waals surface area contributed by atoms with E-state index in [0.717, 1.165) is 43.9 Å². The van der Waals surface area contributed by atoms with E-state index in [1.54, 1.807) is 0 Å². The standard InChI is InChI=1S/C21H25IN2O2/c1-2-26-20-5-3-4-16(14-20)15-24-12-10-17(11-13-24)21(25)23-19-8-6-18(22)7-9-19/h3-9,14,17H,2,10-13,15H2,1H3,(H,23,25). The lowest BCUT2D eigenvalue weighted by atomic mass is 9.95. The van der Waals surface area contributed by atoms with Crippen molar-refractivity contribution in [2.24, 2.45) is 5.92 Å². The highest BCUT2D eigenvalue weighted by molar-refractivity contribution is 14.1. The number of benzene rings is 2. The van der Waals surface area contributed by atoms with Crippen molar-refractivity contribution in [3.8, 4) is 5.75 Å². The van der Waals surface area contributed by atoms with E-state index in [1.807, 2.05) is 43.3 Å². The average molecular weight is 464 g/mol. The Morgan fingerprint density at radius 1 is 1.19 bits per heavy atom. The first-order valence-corrected chi connectivity index (χ1v) is 10.2. The summed E-state index contributed by atoms with van der Waals surface area (Å²) in [5.74, 6) is 1.17. The van der Waals surface area contributed by atoms with Gasteiger partial charge in [-0.3, -0.25) is 9.69 Å². The number of ether oxygens (including phenoxy) is 1. The predicted molar refractivity (Wildman–Crippen MR) is 113 cm³/mol. The Labute approximate surface area is 169 Å². The van der Waals surface area contributed by atoms with Crippen molar-refractivity contribution < 1.29 is 9.53 Å². The van der Waals surface area contributed by atoms with Gasteiger partial charge in [0.2, 0.25) is 5.91 Å². The Kier molecular flexibility index (Phi) is 6.91. The van der Waals surface area contributed by atoms with Gasteiger partial charge in [0.15, 0.2) is 0 Å². The molecule has 0 unspecified atom stereocenters. The van der Waals surface area contributed by atoms with Crippen molar-refractivity contribution in [3.05, 3.63) is 57.7 Å². The minimum absolute atomic E-state index is 0.0975. The normalized spacial score (nSPS) is 15.6. The molecule has 1 heterocycles. The molecule has 4 nitrogen and oxygen atoms in total. The zero-order chi connectivity index (χ0) is 18.4.